The highest BCUT2D eigenvalue weighted by atomic mass is 32.2. The van der Waals surface area contributed by atoms with E-state index in [1.165, 1.54) is 0 Å². The average molecular weight is 291 g/mol. The van der Waals surface area contributed by atoms with Gasteiger partial charge in [0.15, 0.2) is 0 Å². The summed E-state index contributed by atoms with van der Waals surface area (Å²) in [6.45, 7) is 6.61. The van der Waals surface area contributed by atoms with Crippen LogP contribution in [0.5, 0.6) is 0 Å². The Hall–Kier alpha value is -0.660. The highest BCUT2D eigenvalue weighted by molar-refractivity contribution is 7.88. The van der Waals surface area contributed by atoms with Crippen molar-refractivity contribution in [3.8, 4) is 0 Å². The summed E-state index contributed by atoms with van der Waals surface area (Å²) in [6.07, 6.45) is 1.07. The van der Waals surface area contributed by atoms with Crippen LogP contribution >= 0.6 is 0 Å². The molecule has 1 N–H and O–H groups in total. The van der Waals surface area contributed by atoms with Gasteiger partial charge < -0.3 is 9.80 Å². The first-order valence-electron chi connectivity index (χ1n) is 6.39. The largest absolute Gasteiger partial charge is 0.339 e. The third kappa shape index (κ3) is 4.15. The van der Waals surface area contributed by atoms with Crippen molar-refractivity contribution in [2.75, 3.05) is 33.4 Å². The number of carbonyl (C=O) groups excluding carboxylic acids is 1. The number of likely N-dealkylation sites (tertiary alicyclic amines) is 1. The Morgan fingerprint density at radius 2 is 1.84 bits per heavy atom. The van der Waals surface area contributed by atoms with E-state index in [9.17, 15) is 13.2 Å². The monoisotopic (exact) mass is 291 g/mol. The van der Waals surface area contributed by atoms with E-state index in [2.05, 4.69) is 16.5 Å². The lowest BCUT2D eigenvalue weighted by atomic mass is 10.1. The molecule has 1 aliphatic heterocycles. The normalized spacial score (nSPS) is 25.1. The molecule has 0 bridgehead atoms. The van der Waals surface area contributed by atoms with Crippen LogP contribution in [0.25, 0.3) is 0 Å². The van der Waals surface area contributed by atoms with Gasteiger partial charge in [0.2, 0.25) is 15.9 Å². The summed E-state index contributed by atoms with van der Waals surface area (Å²) in [5.41, 5.74) is -1.10. The minimum Gasteiger partial charge on any atom is -0.339 e. The Morgan fingerprint density at radius 3 is 2.21 bits per heavy atom. The molecular weight excluding hydrogens is 266 g/mol. The molecular formula is C12H25N3O3S. The van der Waals surface area contributed by atoms with Crippen LogP contribution in [0.2, 0.25) is 0 Å². The predicted molar refractivity (Wildman–Crippen MR) is 75.3 cm³/mol. The minimum atomic E-state index is -3.41. The number of rotatable bonds is 4. The standard InChI is InChI=1S/C12H25N3O3S/c1-9-7-15(8-10(9)14(4)5)11(16)12(2,3)13-19(6,17)18/h9-10,13H,7-8H2,1-6H3. The van der Waals surface area contributed by atoms with Crippen molar-refractivity contribution in [3.05, 3.63) is 0 Å². The van der Waals surface area contributed by atoms with E-state index in [1.54, 1.807) is 18.7 Å². The van der Waals surface area contributed by atoms with E-state index in [4.69, 9.17) is 0 Å². The van der Waals surface area contributed by atoms with Crippen LogP contribution in [0.3, 0.4) is 0 Å². The molecule has 1 heterocycles. The van der Waals surface area contributed by atoms with E-state index >= 15 is 0 Å². The number of carbonyl (C=O) groups is 1. The zero-order valence-corrected chi connectivity index (χ0v) is 13.4. The quantitative estimate of drug-likeness (QED) is 0.773. The predicted octanol–water partition coefficient (Wildman–Crippen LogP) is -0.277. The lowest BCUT2D eigenvalue weighted by Gasteiger charge is -2.29. The summed E-state index contributed by atoms with van der Waals surface area (Å²) in [7, 11) is 0.582. The smallest absolute Gasteiger partial charge is 0.243 e. The number of nitrogens with one attached hydrogen (secondary N) is 1. The van der Waals surface area contributed by atoms with Crippen LogP contribution < -0.4 is 4.72 Å². The Balaban J connectivity index is 2.79. The molecule has 0 aromatic heterocycles. The molecule has 0 radical (unpaired) electrons. The SMILES string of the molecule is CC1CN(C(=O)C(C)(C)NS(C)(=O)=O)CC1N(C)C. The maximum atomic E-state index is 12.4. The molecule has 0 spiro atoms. The Morgan fingerprint density at radius 1 is 1.32 bits per heavy atom. The Kier molecular flexibility index (Phi) is 4.64. The molecule has 6 nitrogen and oxygen atoms in total. The van der Waals surface area contributed by atoms with Crippen LogP contribution in [0, 0.1) is 5.92 Å². The summed E-state index contributed by atoms with van der Waals surface area (Å²) in [5.74, 6) is 0.210. The van der Waals surface area contributed by atoms with Gasteiger partial charge in [0, 0.05) is 19.1 Å². The van der Waals surface area contributed by atoms with Gasteiger partial charge in [0.05, 0.1) is 6.26 Å². The summed E-state index contributed by atoms with van der Waals surface area (Å²) in [5, 5.41) is 0. The first-order chi connectivity index (χ1) is 8.44. The van der Waals surface area contributed by atoms with Gasteiger partial charge in [-0.15, -0.1) is 0 Å². The fourth-order valence-corrected chi connectivity index (χ4v) is 3.70. The Labute approximate surface area is 116 Å². The van der Waals surface area contributed by atoms with Gasteiger partial charge in [-0.1, -0.05) is 6.92 Å². The molecule has 7 heteroatoms. The molecule has 0 aromatic carbocycles. The molecule has 2 atom stereocenters. The fourth-order valence-electron chi connectivity index (χ4n) is 2.69. The highest BCUT2D eigenvalue weighted by Gasteiger charge is 2.40. The van der Waals surface area contributed by atoms with Crippen molar-refractivity contribution in [1.82, 2.24) is 14.5 Å². The third-order valence-corrected chi connectivity index (χ3v) is 4.38. The van der Waals surface area contributed by atoms with E-state index in [0.29, 0.717) is 25.0 Å². The van der Waals surface area contributed by atoms with Gasteiger partial charge in [0.25, 0.3) is 0 Å². The fraction of sp³-hybridized carbons (Fsp3) is 0.917. The van der Waals surface area contributed by atoms with Crippen molar-refractivity contribution >= 4 is 15.9 Å². The second-order valence-corrected chi connectivity index (χ2v) is 7.97. The van der Waals surface area contributed by atoms with Crippen molar-refractivity contribution in [3.63, 3.8) is 0 Å². The highest BCUT2D eigenvalue weighted by Crippen LogP contribution is 2.22. The van der Waals surface area contributed by atoms with Crippen molar-refractivity contribution in [2.45, 2.75) is 32.4 Å². The average Bonchev–Trinajstić information content (AvgIpc) is 2.55. The van der Waals surface area contributed by atoms with Gasteiger partial charge in [-0.05, 0) is 33.9 Å². The summed E-state index contributed by atoms with van der Waals surface area (Å²) < 4.78 is 25.0. The van der Waals surface area contributed by atoms with Crippen molar-refractivity contribution in [1.29, 1.82) is 0 Å². The lowest BCUT2D eigenvalue weighted by molar-refractivity contribution is -0.135. The molecule has 0 saturated carbocycles. The van der Waals surface area contributed by atoms with Crippen molar-refractivity contribution < 1.29 is 13.2 Å². The third-order valence-electron chi connectivity index (χ3n) is 3.50. The summed E-state index contributed by atoms with van der Waals surface area (Å²) in [4.78, 5) is 16.3. The van der Waals surface area contributed by atoms with E-state index in [1.807, 2.05) is 14.1 Å². The molecule has 1 saturated heterocycles. The molecule has 0 aliphatic carbocycles. The summed E-state index contributed by atoms with van der Waals surface area (Å²) in [6, 6.07) is 0.318. The van der Waals surface area contributed by atoms with Crippen LogP contribution in [-0.4, -0.2) is 69.1 Å². The number of amides is 1. The second-order valence-electron chi connectivity index (χ2n) is 6.22. The number of hydrogen-bond donors (Lipinski definition) is 1. The Bertz CT molecular complexity index is 445. The second kappa shape index (κ2) is 5.38. The lowest BCUT2D eigenvalue weighted by Crippen LogP contribution is -2.55. The molecule has 1 amide bonds. The van der Waals surface area contributed by atoms with Crippen LogP contribution in [0.1, 0.15) is 20.8 Å². The molecule has 112 valence electrons. The molecule has 2 unspecified atom stereocenters. The number of likely N-dealkylation sites (N-methyl/N-ethyl adjacent to an activating group) is 1. The number of sulfonamides is 1. The first kappa shape index (κ1) is 16.4. The molecule has 1 aliphatic rings. The first-order valence-corrected chi connectivity index (χ1v) is 8.28. The molecule has 19 heavy (non-hydrogen) atoms. The van der Waals surface area contributed by atoms with Gasteiger partial charge >= 0.3 is 0 Å². The summed E-state index contributed by atoms with van der Waals surface area (Å²) >= 11 is 0. The molecule has 1 fully saturated rings. The maximum Gasteiger partial charge on any atom is 0.243 e. The van der Waals surface area contributed by atoms with Crippen LogP contribution in [0.4, 0.5) is 0 Å². The van der Waals surface area contributed by atoms with E-state index in [0.717, 1.165) is 6.26 Å². The molecule has 1 rings (SSSR count). The topological polar surface area (TPSA) is 69.7 Å². The van der Waals surface area contributed by atoms with Gasteiger partial charge in [-0.2, -0.15) is 0 Å². The van der Waals surface area contributed by atoms with Crippen molar-refractivity contribution in [2.24, 2.45) is 5.92 Å². The number of hydrogen-bond acceptors (Lipinski definition) is 4. The van der Waals surface area contributed by atoms with Crippen LogP contribution in [-0.2, 0) is 14.8 Å². The van der Waals surface area contributed by atoms with Gasteiger partial charge in [-0.25, -0.2) is 13.1 Å². The van der Waals surface area contributed by atoms with Crippen LogP contribution in [0.15, 0.2) is 0 Å². The zero-order valence-electron chi connectivity index (χ0n) is 12.6. The van der Waals surface area contributed by atoms with E-state index < -0.39 is 15.6 Å². The minimum absolute atomic E-state index is 0.172. The maximum absolute atomic E-state index is 12.4. The van der Waals surface area contributed by atoms with E-state index in [-0.39, 0.29) is 5.91 Å². The van der Waals surface area contributed by atoms with Gasteiger partial charge in [-0.3, -0.25) is 4.79 Å². The molecule has 0 aromatic rings. The van der Waals surface area contributed by atoms with Gasteiger partial charge in [0.1, 0.15) is 5.54 Å². The zero-order chi connectivity index (χ0) is 15.0. The number of nitrogens with zero attached hydrogens (tertiary/aromatic N) is 2.